The number of nitrogen functional groups attached to an aromatic ring is 1. The molecular weight excluding hydrogens is 277 g/mol. The predicted octanol–water partition coefficient (Wildman–Crippen LogP) is 3.56. The van der Waals surface area contributed by atoms with E-state index in [0.29, 0.717) is 10.7 Å². The quantitative estimate of drug-likeness (QED) is 0.875. The molecule has 17 heavy (non-hydrogen) atoms. The highest BCUT2D eigenvalue weighted by molar-refractivity contribution is 7.99. The molecule has 0 radical (unpaired) electrons. The van der Waals surface area contributed by atoms with Gasteiger partial charge < -0.3 is 5.73 Å². The van der Waals surface area contributed by atoms with Crippen molar-refractivity contribution in [2.24, 2.45) is 0 Å². The Morgan fingerprint density at radius 3 is 2.88 bits per heavy atom. The van der Waals surface area contributed by atoms with Crippen molar-refractivity contribution in [3.8, 4) is 0 Å². The van der Waals surface area contributed by atoms with Gasteiger partial charge >= 0.3 is 0 Å². The number of nitrogens with two attached hydrogens (primary N) is 1. The molecule has 0 unspecified atom stereocenters. The normalized spacial score (nSPS) is 10.7. The third-order valence-electron chi connectivity index (χ3n) is 2.12. The van der Waals surface area contributed by atoms with E-state index in [1.165, 1.54) is 0 Å². The van der Waals surface area contributed by atoms with Crippen LogP contribution in [0.15, 0.2) is 35.5 Å². The van der Waals surface area contributed by atoms with E-state index in [1.54, 1.807) is 41.0 Å². The fourth-order valence-corrected chi connectivity index (χ4v) is 2.77. The Morgan fingerprint density at radius 1 is 1.35 bits per heavy atom. The maximum Gasteiger partial charge on any atom is 0.0719 e. The first kappa shape index (κ1) is 12.6. The van der Waals surface area contributed by atoms with E-state index in [4.69, 9.17) is 28.9 Å². The minimum absolute atomic E-state index is 0.677. The molecule has 0 saturated carbocycles. The van der Waals surface area contributed by atoms with Gasteiger partial charge in [0.15, 0.2) is 0 Å². The molecule has 0 saturated heterocycles. The number of nitrogens with zero attached hydrogens (tertiary/aromatic N) is 2. The van der Waals surface area contributed by atoms with Crippen LogP contribution in [0.2, 0.25) is 10.0 Å². The molecule has 1 heterocycles. The van der Waals surface area contributed by atoms with Crippen molar-refractivity contribution < 1.29 is 0 Å². The molecule has 1 aromatic carbocycles. The Hall–Kier alpha value is -0.840. The summed E-state index contributed by atoms with van der Waals surface area (Å²) in [4.78, 5) is 0.985. The van der Waals surface area contributed by atoms with Gasteiger partial charge in [-0.05, 0) is 18.2 Å². The molecule has 0 atom stereocenters. The van der Waals surface area contributed by atoms with Crippen molar-refractivity contribution >= 4 is 40.7 Å². The topological polar surface area (TPSA) is 43.8 Å². The number of halogens is 2. The third-order valence-corrected chi connectivity index (χ3v) is 3.84. The van der Waals surface area contributed by atoms with Crippen molar-refractivity contribution in [1.82, 2.24) is 9.78 Å². The molecule has 0 bridgehead atoms. The van der Waals surface area contributed by atoms with E-state index in [1.807, 2.05) is 6.07 Å². The number of hydrogen-bond donors (Lipinski definition) is 1. The smallest absolute Gasteiger partial charge is 0.0719 e. The maximum absolute atomic E-state index is 6.06. The van der Waals surface area contributed by atoms with Crippen LogP contribution in [-0.4, -0.2) is 15.5 Å². The van der Waals surface area contributed by atoms with Gasteiger partial charge in [-0.1, -0.05) is 23.2 Å². The number of thioether (sulfide) groups is 1. The van der Waals surface area contributed by atoms with Gasteiger partial charge in [0.1, 0.15) is 0 Å². The van der Waals surface area contributed by atoms with Gasteiger partial charge in [0.2, 0.25) is 0 Å². The molecule has 0 spiro atoms. The number of hydrogen-bond acceptors (Lipinski definition) is 3. The SMILES string of the molecule is Nc1cnn(CCSc2cc(Cl)ccc2Cl)c1. The number of aryl methyl sites for hydroxylation is 1. The molecule has 0 aliphatic heterocycles. The zero-order chi connectivity index (χ0) is 12.3. The Morgan fingerprint density at radius 2 is 2.18 bits per heavy atom. The van der Waals surface area contributed by atoms with E-state index in [-0.39, 0.29) is 0 Å². The summed E-state index contributed by atoms with van der Waals surface area (Å²) in [7, 11) is 0. The van der Waals surface area contributed by atoms with Gasteiger partial charge in [0.05, 0.1) is 23.5 Å². The first-order valence-corrected chi connectivity index (χ1v) is 6.75. The van der Waals surface area contributed by atoms with Crippen LogP contribution in [0.4, 0.5) is 5.69 Å². The standard InChI is InChI=1S/C11H11Cl2N3S/c12-8-1-2-10(13)11(5-8)17-4-3-16-7-9(14)6-15-16/h1-2,5-7H,3-4,14H2. The van der Waals surface area contributed by atoms with Crippen molar-refractivity contribution in [2.75, 3.05) is 11.5 Å². The highest BCUT2D eigenvalue weighted by Gasteiger charge is 2.02. The van der Waals surface area contributed by atoms with Crippen LogP contribution < -0.4 is 5.73 Å². The Kier molecular flexibility index (Phi) is 4.20. The van der Waals surface area contributed by atoms with Crippen molar-refractivity contribution in [3.05, 3.63) is 40.6 Å². The highest BCUT2D eigenvalue weighted by atomic mass is 35.5. The lowest BCUT2D eigenvalue weighted by molar-refractivity contribution is 0.666. The second-order valence-corrected chi connectivity index (χ2v) is 5.44. The lowest BCUT2D eigenvalue weighted by Crippen LogP contribution is -2.00. The molecule has 0 aliphatic rings. The van der Waals surface area contributed by atoms with Crippen LogP contribution in [0, 0.1) is 0 Å². The van der Waals surface area contributed by atoms with Crippen LogP contribution >= 0.6 is 35.0 Å². The Labute approximate surface area is 114 Å². The molecule has 2 N–H and O–H groups in total. The van der Waals surface area contributed by atoms with Gasteiger partial charge in [-0.3, -0.25) is 4.68 Å². The summed E-state index contributed by atoms with van der Waals surface area (Å²) >= 11 is 13.6. The van der Waals surface area contributed by atoms with E-state index < -0.39 is 0 Å². The second-order valence-electron chi connectivity index (χ2n) is 3.46. The summed E-state index contributed by atoms with van der Waals surface area (Å²) in [5.41, 5.74) is 6.25. The van der Waals surface area contributed by atoms with Crippen LogP contribution in [0.25, 0.3) is 0 Å². The minimum atomic E-state index is 0.677. The first-order valence-electron chi connectivity index (χ1n) is 5.01. The average Bonchev–Trinajstić information content (AvgIpc) is 2.69. The molecule has 6 heteroatoms. The second kappa shape index (κ2) is 5.67. The zero-order valence-electron chi connectivity index (χ0n) is 8.94. The molecule has 3 nitrogen and oxygen atoms in total. The molecular formula is C11H11Cl2N3S. The van der Waals surface area contributed by atoms with Crippen LogP contribution in [0.5, 0.6) is 0 Å². The van der Waals surface area contributed by atoms with Gasteiger partial charge in [-0.15, -0.1) is 11.8 Å². The summed E-state index contributed by atoms with van der Waals surface area (Å²) in [6.07, 6.45) is 3.44. The lowest BCUT2D eigenvalue weighted by Gasteiger charge is -2.04. The van der Waals surface area contributed by atoms with E-state index in [2.05, 4.69) is 5.10 Å². The van der Waals surface area contributed by atoms with E-state index in [0.717, 1.165) is 22.2 Å². The molecule has 0 amide bonds. The summed E-state index contributed by atoms with van der Waals surface area (Å²) in [6.45, 7) is 0.782. The van der Waals surface area contributed by atoms with Crippen molar-refractivity contribution in [3.63, 3.8) is 0 Å². The van der Waals surface area contributed by atoms with Gasteiger partial charge in [0, 0.05) is 21.9 Å². The molecule has 1 aromatic heterocycles. The molecule has 0 fully saturated rings. The number of benzene rings is 1. The monoisotopic (exact) mass is 287 g/mol. The average molecular weight is 288 g/mol. The fraction of sp³-hybridized carbons (Fsp3) is 0.182. The van der Waals surface area contributed by atoms with Crippen LogP contribution in [0.3, 0.4) is 0 Å². The fourth-order valence-electron chi connectivity index (χ4n) is 1.34. The third kappa shape index (κ3) is 3.56. The van der Waals surface area contributed by atoms with Crippen molar-refractivity contribution in [2.45, 2.75) is 11.4 Å². The summed E-state index contributed by atoms with van der Waals surface area (Å²) < 4.78 is 1.81. The van der Waals surface area contributed by atoms with Gasteiger partial charge in [-0.2, -0.15) is 5.10 Å². The van der Waals surface area contributed by atoms with Crippen molar-refractivity contribution in [1.29, 1.82) is 0 Å². The number of aromatic nitrogens is 2. The summed E-state index contributed by atoms with van der Waals surface area (Å²) in [6, 6.07) is 5.45. The largest absolute Gasteiger partial charge is 0.396 e. The zero-order valence-corrected chi connectivity index (χ0v) is 11.3. The molecule has 90 valence electrons. The van der Waals surface area contributed by atoms with Gasteiger partial charge in [-0.25, -0.2) is 0 Å². The molecule has 0 aliphatic carbocycles. The Balaban J connectivity index is 1.91. The highest BCUT2D eigenvalue weighted by Crippen LogP contribution is 2.29. The lowest BCUT2D eigenvalue weighted by atomic mass is 10.4. The van der Waals surface area contributed by atoms with Crippen LogP contribution in [0.1, 0.15) is 0 Å². The maximum atomic E-state index is 6.06. The minimum Gasteiger partial charge on any atom is -0.396 e. The van der Waals surface area contributed by atoms with Gasteiger partial charge in [0.25, 0.3) is 0 Å². The number of rotatable bonds is 4. The molecule has 2 rings (SSSR count). The summed E-state index contributed by atoms with van der Waals surface area (Å²) in [5, 5.41) is 5.52. The summed E-state index contributed by atoms with van der Waals surface area (Å²) in [5.74, 6) is 0.862. The predicted molar refractivity (Wildman–Crippen MR) is 73.8 cm³/mol. The number of anilines is 1. The Bertz CT molecular complexity index is 513. The van der Waals surface area contributed by atoms with E-state index >= 15 is 0 Å². The van der Waals surface area contributed by atoms with E-state index in [9.17, 15) is 0 Å². The molecule has 2 aromatic rings. The first-order chi connectivity index (χ1) is 8.15. The van der Waals surface area contributed by atoms with Crippen LogP contribution in [-0.2, 0) is 6.54 Å².